The molecule has 1 amide bonds. The molecule has 0 spiro atoms. The van der Waals surface area contributed by atoms with E-state index in [4.69, 9.17) is 4.74 Å². The number of carbonyl (C=O) groups is 1. The number of piperazine rings is 1. The van der Waals surface area contributed by atoms with E-state index in [0.29, 0.717) is 0 Å². The first-order chi connectivity index (χ1) is 14.9. The smallest absolute Gasteiger partial charge is 0.407 e. The van der Waals surface area contributed by atoms with Crippen molar-refractivity contribution in [1.29, 1.82) is 0 Å². The highest BCUT2D eigenvalue weighted by Gasteiger charge is 2.26. The molecule has 2 aliphatic carbocycles. The van der Waals surface area contributed by atoms with Gasteiger partial charge in [-0.3, -0.25) is 4.90 Å². The topological polar surface area (TPSA) is 44.8 Å². The quantitative estimate of drug-likeness (QED) is 0.735. The summed E-state index contributed by atoms with van der Waals surface area (Å²) in [7, 11) is 0. The molecule has 1 N–H and O–H groups in total. The third-order valence-electron chi connectivity index (χ3n) is 7.26. The Hall–Kier alpha value is -1.75. The van der Waals surface area contributed by atoms with Crippen LogP contribution in [0.4, 0.5) is 10.5 Å². The third-order valence-corrected chi connectivity index (χ3v) is 7.26. The Labute approximate surface area is 188 Å². The van der Waals surface area contributed by atoms with Crippen LogP contribution in [0.2, 0.25) is 0 Å². The molecule has 172 valence electrons. The number of fused-ring (bicyclic) bond motifs is 1. The molecule has 1 saturated heterocycles. The first kappa shape index (κ1) is 22.4. The maximum atomic E-state index is 12.0. The molecule has 4 rings (SSSR count). The minimum absolute atomic E-state index is 0.266. The second-order valence-electron chi connectivity index (χ2n) is 10.7. The number of alkyl carbamates (subject to hydrolysis) is 1. The summed E-state index contributed by atoms with van der Waals surface area (Å²) in [5, 5.41) is 3.06. The van der Waals surface area contributed by atoms with Gasteiger partial charge in [-0.05, 0) is 102 Å². The average molecular weight is 428 g/mol. The lowest BCUT2D eigenvalue weighted by Gasteiger charge is -2.38. The van der Waals surface area contributed by atoms with Gasteiger partial charge in [0, 0.05) is 37.9 Å². The van der Waals surface area contributed by atoms with Crippen LogP contribution < -0.4 is 10.2 Å². The van der Waals surface area contributed by atoms with E-state index in [2.05, 4.69) is 33.3 Å². The number of aryl methyl sites for hydroxylation is 1. The van der Waals surface area contributed by atoms with E-state index in [1.807, 2.05) is 20.8 Å². The highest BCUT2D eigenvalue weighted by atomic mass is 16.6. The predicted octanol–water partition coefficient (Wildman–Crippen LogP) is 4.77. The van der Waals surface area contributed by atoms with Crippen LogP contribution in [0, 0.1) is 5.92 Å². The minimum Gasteiger partial charge on any atom is -0.444 e. The first-order valence-electron chi connectivity index (χ1n) is 12.4. The van der Waals surface area contributed by atoms with E-state index in [9.17, 15) is 4.79 Å². The van der Waals surface area contributed by atoms with Crippen LogP contribution in [0.15, 0.2) is 18.2 Å². The SMILES string of the molecule is CC(C)(C)OC(=O)N[C@H]1CC[C@H](CCN2CCN(c3cccc4c3CCC4)CC2)CC1. The van der Waals surface area contributed by atoms with Crippen LogP contribution in [0.1, 0.15) is 70.4 Å². The van der Waals surface area contributed by atoms with Gasteiger partial charge in [0.05, 0.1) is 0 Å². The lowest BCUT2D eigenvalue weighted by atomic mass is 9.84. The maximum Gasteiger partial charge on any atom is 0.407 e. The third kappa shape index (κ3) is 6.15. The second-order valence-corrected chi connectivity index (χ2v) is 10.7. The van der Waals surface area contributed by atoms with Gasteiger partial charge >= 0.3 is 6.09 Å². The van der Waals surface area contributed by atoms with Gasteiger partial charge in [0.1, 0.15) is 5.60 Å². The molecule has 3 aliphatic rings. The summed E-state index contributed by atoms with van der Waals surface area (Å²) < 4.78 is 5.40. The van der Waals surface area contributed by atoms with Crippen molar-refractivity contribution >= 4 is 11.8 Å². The van der Waals surface area contributed by atoms with Crippen LogP contribution in [-0.4, -0.2) is 55.4 Å². The summed E-state index contributed by atoms with van der Waals surface area (Å²) in [5.41, 5.74) is 4.28. The number of nitrogens with one attached hydrogen (secondary N) is 1. The number of amides is 1. The van der Waals surface area contributed by atoms with Gasteiger partial charge in [0.2, 0.25) is 0 Å². The zero-order valence-electron chi connectivity index (χ0n) is 19.8. The van der Waals surface area contributed by atoms with Crippen molar-refractivity contribution in [2.75, 3.05) is 37.6 Å². The summed E-state index contributed by atoms with van der Waals surface area (Å²) in [6, 6.07) is 7.19. The fourth-order valence-electron chi connectivity index (χ4n) is 5.54. The highest BCUT2D eigenvalue weighted by molar-refractivity contribution is 5.68. The van der Waals surface area contributed by atoms with E-state index in [0.717, 1.165) is 31.8 Å². The molecule has 0 aromatic heterocycles. The maximum absolute atomic E-state index is 12.0. The lowest BCUT2D eigenvalue weighted by molar-refractivity contribution is 0.0486. The standard InChI is InChI=1S/C26H41N3O2/c1-26(2,3)31-25(30)27-22-12-10-20(11-13-22)14-15-28-16-18-29(19-17-28)24-9-5-7-21-6-4-8-23(21)24/h5,7,9,20,22H,4,6,8,10-19H2,1-3H3,(H,27,30)/t20-,22-. The Balaban J connectivity index is 1.15. The normalized spacial score (nSPS) is 24.7. The number of anilines is 1. The molecular weight excluding hydrogens is 386 g/mol. The van der Waals surface area contributed by atoms with Crippen LogP contribution in [0.3, 0.4) is 0 Å². The monoisotopic (exact) mass is 427 g/mol. The Morgan fingerprint density at radius 1 is 1.06 bits per heavy atom. The molecular formula is C26H41N3O2. The van der Waals surface area contributed by atoms with Gasteiger partial charge in [-0.25, -0.2) is 4.79 Å². The van der Waals surface area contributed by atoms with Gasteiger partial charge in [-0.15, -0.1) is 0 Å². The van der Waals surface area contributed by atoms with Gasteiger partial charge in [-0.2, -0.15) is 0 Å². The number of hydrogen-bond acceptors (Lipinski definition) is 4. The summed E-state index contributed by atoms with van der Waals surface area (Å²) in [6.45, 7) is 11.6. The molecule has 1 aliphatic heterocycles. The molecule has 0 radical (unpaired) electrons. The molecule has 2 fully saturated rings. The van der Waals surface area contributed by atoms with E-state index in [-0.39, 0.29) is 12.1 Å². The molecule has 1 saturated carbocycles. The van der Waals surface area contributed by atoms with Crippen molar-refractivity contribution in [3.8, 4) is 0 Å². The van der Waals surface area contributed by atoms with E-state index in [1.165, 1.54) is 63.8 Å². The molecule has 1 aromatic rings. The van der Waals surface area contributed by atoms with Crippen molar-refractivity contribution in [3.05, 3.63) is 29.3 Å². The molecule has 1 aromatic carbocycles. The van der Waals surface area contributed by atoms with Gasteiger partial charge in [0.25, 0.3) is 0 Å². The minimum atomic E-state index is -0.425. The first-order valence-corrected chi connectivity index (χ1v) is 12.4. The number of benzene rings is 1. The van der Waals surface area contributed by atoms with Crippen molar-refractivity contribution in [3.63, 3.8) is 0 Å². The Morgan fingerprint density at radius 2 is 1.81 bits per heavy atom. The zero-order valence-corrected chi connectivity index (χ0v) is 19.8. The molecule has 5 heteroatoms. The van der Waals surface area contributed by atoms with E-state index >= 15 is 0 Å². The van der Waals surface area contributed by atoms with Crippen LogP contribution in [-0.2, 0) is 17.6 Å². The summed E-state index contributed by atoms with van der Waals surface area (Å²) >= 11 is 0. The summed E-state index contributed by atoms with van der Waals surface area (Å²) in [4.78, 5) is 17.3. The fourth-order valence-corrected chi connectivity index (χ4v) is 5.54. The van der Waals surface area contributed by atoms with Crippen LogP contribution in [0.5, 0.6) is 0 Å². The number of ether oxygens (including phenoxy) is 1. The fraction of sp³-hybridized carbons (Fsp3) is 0.731. The van der Waals surface area contributed by atoms with Crippen LogP contribution >= 0.6 is 0 Å². The van der Waals surface area contributed by atoms with E-state index < -0.39 is 5.60 Å². The van der Waals surface area contributed by atoms with E-state index in [1.54, 1.807) is 11.1 Å². The number of rotatable bonds is 5. The molecule has 31 heavy (non-hydrogen) atoms. The highest BCUT2D eigenvalue weighted by Crippen LogP contribution is 2.32. The predicted molar refractivity (Wildman–Crippen MR) is 127 cm³/mol. The Bertz CT molecular complexity index is 742. The Morgan fingerprint density at radius 3 is 2.52 bits per heavy atom. The molecule has 0 atom stereocenters. The summed E-state index contributed by atoms with van der Waals surface area (Å²) in [5.74, 6) is 0.798. The lowest BCUT2D eigenvalue weighted by Crippen LogP contribution is -2.47. The molecule has 1 heterocycles. The van der Waals surface area contributed by atoms with Crippen molar-refractivity contribution < 1.29 is 9.53 Å². The zero-order chi connectivity index (χ0) is 21.8. The molecule has 5 nitrogen and oxygen atoms in total. The van der Waals surface area contributed by atoms with Crippen molar-refractivity contribution in [2.24, 2.45) is 5.92 Å². The van der Waals surface area contributed by atoms with Gasteiger partial charge in [-0.1, -0.05) is 12.1 Å². The van der Waals surface area contributed by atoms with Gasteiger partial charge in [0.15, 0.2) is 0 Å². The number of nitrogens with zero attached hydrogens (tertiary/aromatic N) is 2. The largest absolute Gasteiger partial charge is 0.444 e. The molecule has 0 unspecified atom stereocenters. The summed E-state index contributed by atoms with van der Waals surface area (Å²) in [6.07, 6.45) is 9.47. The second kappa shape index (κ2) is 9.81. The van der Waals surface area contributed by atoms with Crippen LogP contribution in [0.25, 0.3) is 0 Å². The average Bonchev–Trinajstić information content (AvgIpc) is 3.21. The Kier molecular flexibility index (Phi) is 7.10. The number of hydrogen-bond donors (Lipinski definition) is 1. The number of carbonyl (C=O) groups excluding carboxylic acids is 1. The van der Waals surface area contributed by atoms with Crippen molar-refractivity contribution in [1.82, 2.24) is 10.2 Å². The van der Waals surface area contributed by atoms with Gasteiger partial charge < -0.3 is 15.0 Å². The van der Waals surface area contributed by atoms with Crippen molar-refractivity contribution in [2.45, 2.75) is 83.8 Å². The molecule has 0 bridgehead atoms.